The Morgan fingerprint density at radius 3 is 2.24 bits per heavy atom. The second kappa shape index (κ2) is 5.80. The quantitative estimate of drug-likeness (QED) is 0.740. The van der Waals surface area contributed by atoms with Crippen LogP contribution in [0.15, 0.2) is 91.0 Å². The van der Waals surface area contributed by atoms with Crippen molar-refractivity contribution in [2.45, 2.75) is 12.3 Å². The maximum absolute atomic E-state index is 6.35. The maximum Gasteiger partial charge on any atom is 0.195 e. The molecule has 3 heteroatoms. The lowest BCUT2D eigenvalue weighted by Crippen LogP contribution is -2.43. The monoisotopic (exact) mass is 326 g/mol. The third-order valence-corrected chi connectivity index (χ3v) is 4.77. The molecule has 0 amide bonds. The van der Waals surface area contributed by atoms with E-state index >= 15 is 0 Å². The van der Waals surface area contributed by atoms with Gasteiger partial charge < -0.3 is 10.2 Å². The highest BCUT2D eigenvalue weighted by atomic mass is 16.5. The van der Waals surface area contributed by atoms with Crippen LogP contribution in [0.3, 0.4) is 0 Å². The van der Waals surface area contributed by atoms with Crippen LogP contribution in [0.5, 0.6) is 5.75 Å². The van der Waals surface area contributed by atoms with Crippen LogP contribution in [0.4, 0.5) is 0 Å². The number of hydrogen-bond donors (Lipinski definition) is 1. The van der Waals surface area contributed by atoms with Gasteiger partial charge in [0.15, 0.2) is 6.23 Å². The van der Waals surface area contributed by atoms with Gasteiger partial charge in [-0.15, -0.1) is 0 Å². The summed E-state index contributed by atoms with van der Waals surface area (Å²) in [6.45, 7) is 0. The molecular weight excluding hydrogens is 308 g/mol. The summed E-state index contributed by atoms with van der Waals surface area (Å²) in [5.41, 5.74) is 8.19. The zero-order valence-corrected chi connectivity index (χ0v) is 13.7. The minimum Gasteiger partial charge on any atom is -0.469 e. The predicted molar refractivity (Wildman–Crippen MR) is 98.4 cm³/mol. The summed E-state index contributed by atoms with van der Waals surface area (Å²) in [6.07, 6.45) is 2.12. The van der Waals surface area contributed by atoms with E-state index in [0.717, 1.165) is 17.0 Å². The molecule has 5 rings (SSSR count). The number of hydrogen-bond acceptors (Lipinski definition) is 3. The zero-order valence-electron chi connectivity index (χ0n) is 13.7. The zero-order chi connectivity index (χ0) is 16.6. The summed E-state index contributed by atoms with van der Waals surface area (Å²) in [5.74, 6) is 0.949. The van der Waals surface area contributed by atoms with Crippen molar-refractivity contribution in [3.63, 3.8) is 0 Å². The van der Waals surface area contributed by atoms with E-state index in [0.29, 0.717) is 0 Å². The first-order valence-corrected chi connectivity index (χ1v) is 8.53. The molecule has 0 aliphatic carbocycles. The average molecular weight is 326 g/mol. The van der Waals surface area contributed by atoms with Crippen molar-refractivity contribution in [3.05, 3.63) is 108 Å². The Kier molecular flexibility index (Phi) is 3.32. The molecule has 0 radical (unpaired) electrons. The van der Waals surface area contributed by atoms with Gasteiger partial charge in [0.05, 0.1) is 11.7 Å². The smallest absolute Gasteiger partial charge is 0.195 e. The summed E-state index contributed by atoms with van der Waals surface area (Å²) in [5, 5.41) is 2.19. The maximum atomic E-state index is 6.35. The van der Waals surface area contributed by atoms with Crippen molar-refractivity contribution in [1.82, 2.24) is 10.4 Å². The Morgan fingerprint density at radius 1 is 0.760 bits per heavy atom. The van der Waals surface area contributed by atoms with E-state index in [-0.39, 0.29) is 12.3 Å². The highest BCUT2D eigenvalue weighted by Gasteiger charge is 2.39. The van der Waals surface area contributed by atoms with Gasteiger partial charge >= 0.3 is 0 Å². The standard InChI is InChI=1S/C22H18N2O/c1-3-9-16(10-4-1)19-15-20-18-13-7-8-14-21(18)25-22(24(20)23-19)17-11-5-2-6-12-17/h1-15,20,22-23H. The molecule has 2 unspecified atom stereocenters. The Balaban J connectivity index is 1.60. The molecule has 3 nitrogen and oxygen atoms in total. The molecule has 25 heavy (non-hydrogen) atoms. The van der Waals surface area contributed by atoms with Crippen LogP contribution in [-0.2, 0) is 0 Å². The number of para-hydroxylation sites is 1. The summed E-state index contributed by atoms with van der Waals surface area (Å²) in [4.78, 5) is 0. The fraction of sp³-hybridized carbons (Fsp3) is 0.0909. The fourth-order valence-electron chi connectivity index (χ4n) is 3.56. The molecule has 0 saturated heterocycles. The molecule has 122 valence electrons. The molecule has 0 spiro atoms. The minimum absolute atomic E-state index is 0.144. The number of hydrazine groups is 1. The first kappa shape index (κ1) is 14.3. The van der Waals surface area contributed by atoms with Crippen LogP contribution >= 0.6 is 0 Å². The number of rotatable bonds is 2. The van der Waals surface area contributed by atoms with Crippen molar-refractivity contribution in [3.8, 4) is 5.75 Å². The van der Waals surface area contributed by atoms with Crippen molar-refractivity contribution in [2.24, 2.45) is 0 Å². The lowest BCUT2D eigenvalue weighted by atomic mass is 10.0. The van der Waals surface area contributed by atoms with Gasteiger partial charge in [0.1, 0.15) is 5.75 Å². The number of nitrogens with zero attached hydrogens (tertiary/aromatic N) is 1. The van der Waals surface area contributed by atoms with Gasteiger partial charge in [-0.25, -0.2) is 0 Å². The average Bonchev–Trinajstić information content (AvgIpc) is 3.14. The SMILES string of the molecule is C1=C(c2ccccc2)NN2C1c1ccccc1OC2c1ccccc1. The Bertz CT molecular complexity index is 921. The summed E-state index contributed by atoms with van der Waals surface area (Å²) >= 11 is 0. The van der Waals surface area contributed by atoms with Crippen LogP contribution in [0.25, 0.3) is 5.70 Å². The highest BCUT2D eigenvalue weighted by molar-refractivity contribution is 5.67. The largest absolute Gasteiger partial charge is 0.469 e. The van der Waals surface area contributed by atoms with E-state index in [1.54, 1.807) is 0 Å². The van der Waals surface area contributed by atoms with E-state index in [1.165, 1.54) is 11.1 Å². The Labute approximate surface area is 147 Å². The van der Waals surface area contributed by atoms with Crippen molar-refractivity contribution in [2.75, 3.05) is 0 Å². The molecule has 2 atom stereocenters. The lowest BCUT2D eigenvalue weighted by molar-refractivity contribution is -0.0326. The molecule has 2 aliphatic rings. The van der Waals surface area contributed by atoms with Crippen molar-refractivity contribution in [1.29, 1.82) is 0 Å². The molecule has 3 aromatic rings. The van der Waals surface area contributed by atoms with E-state index in [4.69, 9.17) is 4.74 Å². The normalized spacial score (nSPS) is 21.5. The number of fused-ring (bicyclic) bond motifs is 3. The van der Waals surface area contributed by atoms with Gasteiger partial charge in [-0.3, -0.25) is 0 Å². The molecule has 0 fully saturated rings. The van der Waals surface area contributed by atoms with Crippen LogP contribution < -0.4 is 10.2 Å². The summed E-state index contributed by atoms with van der Waals surface area (Å²) in [6, 6.07) is 29.2. The molecule has 0 bridgehead atoms. The van der Waals surface area contributed by atoms with Gasteiger partial charge in [-0.05, 0) is 17.7 Å². The van der Waals surface area contributed by atoms with E-state index in [9.17, 15) is 0 Å². The molecule has 0 saturated carbocycles. The minimum atomic E-state index is -0.168. The highest BCUT2D eigenvalue weighted by Crippen LogP contribution is 2.45. The van der Waals surface area contributed by atoms with E-state index in [1.807, 2.05) is 18.2 Å². The number of benzene rings is 3. The Morgan fingerprint density at radius 2 is 1.44 bits per heavy atom. The molecule has 3 aromatic carbocycles. The predicted octanol–water partition coefficient (Wildman–Crippen LogP) is 4.68. The van der Waals surface area contributed by atoms with Crippen molar-refractivity contribution < 1.29 is 4.74 Å². The first-order valence-electron chi connectivity index (χ1n) is 8.53. The topological polar surface area (TPSA) is 24.5 Å². The molecule has 2 aliphatic heterocycles. The molecule has 1 N–H and O–H groups in total. The van der Waals surface area contributed by atoms with Crippen LogP contribution in [-0.4, -0.2) is 5.01 Å². The second-order valence-corrected chi connectivity index (χ2v) is 6.33. The van der Waals surface area contributed by atoms with Gasteiger partial charge in [0.2, 0.25) is 0 Å². The molecule has 2 heterocycles. The van der Waals surface area contributed by atoms with Gasteiger partial charge in [0, 0.05) is 11.1 Å². The van der Waals surface area contributed by atoms with Gasteiger partial charge in [-0.1, -0.05) is 78.9 Å². The van der Waals surface area contributed by atoms with Crippen LogP contribution in [0, 0.1) is 0 Å². The van der Waals surface area contributed by atoms with E-state index < -0.39 is 0 Å². The van der Waals surface area contributed by atoms with Crippen LogP contribution in [0.2, 0.25) is 0 Å². The summed E-state index contributed by atoms with van der Waals surface area (Å²) < 4.78 is 6.35. The first-order chi connectivity index (χ1) is 12.4. The van der Waals surface area contributed by atoms with Gasteiger partial charge in [-0.2, -0.15) is 5.01 Å². The summed E-state index contributed by atoms with van der Waals surface area (Å²) in [7, 11) is 0. The second-order valence-electron chi connectivity index (χ2n) is 6.33. The molecule has 0 aromatic heterocycles. The third-order valence-electron chi connectivity index (χ3n) is 4.77. The number of ether oxygens (including phenoxy) is 1. The molecular formula is C22H18N2O. The Hall–Kier alpha value is -3.04. The van der Waals surface area contributed by atoms with E-state index in [2.05, 4.69) is 83.2 Å². The van der Waals surface area contributed by atoms with Gasteiger partial charge in [0.25, 0.3) is 0 Å². The third kappa shape index (κ3) is 2.41. The lowest BCUT2D eigenvalue weighted by Gasteiger charge is -2.38. The number of nitrogens with one attached hydrogen (secondary N) is 1. The fourth-order valence-corrected chi connectivity index (χ4v) is 3.56. The van der Waals surface area contributed by atoms with Crippen molar-refractivity contribution >= 4 is 5.70 Å². The van der Waals surface area contributed by atoms with Crippen LogP contribution in [0.1, 0.15) is 29.0 Å².